The van der Waals surface area contributed by atoms with Gasteiger partial charge >= 0.3 is 12.1 Å². The van der Waals surface area contributed by atoms with Crippen molar-refractivity contribution in [3.8, 4) is 0 Å². The molecule has 6 heteroatoms. The molecule has 0 atom stereocenters. The van der Waals surface area contributed by atoms with Gasteiger partial charge in [-0.25, -0.2) is 0 Å². The summed E-state index contributed by atoms with van der Waals surface area (Å²) in [5.74, 6) is 1.82. The van der Waals surface area contributed by atoms with E-state index in [4.69, 9.17) is 4.74 Å². The SMILES string of the molecule is CN(CCOC(=O)C12CC3CC(CC(C3)C1)C2)CC(F)(F)F. The van der Waals surface area contributed by atoms with Gasteiger partial charge < -0.3 is 4.74 Å². The van der Waals surface area contributed by atoms with E-state index in [9.17, 15) is 18.0 Å². The van der Waals surface area contributed by atoms with Gasteiger partial charge in [0.05, 0.1) is 12.0 Å². The predicted molar refractivity (Wildman–Crippen MR) is 75.1 cm³/mol. The van der Waals surface area contributed by atoms with Gasteiger partial charge in [-0.05, 0) is 63.3 Å². The zero-order valence-corrected chi connectivity index (χ0v) is 13.0. The molecule has 126 valence electrons. The van der Waals surface area contributed by atoms with E-state index in [-0.39, 0.29) is 24.5 Å². The molecule has 0 amide bonds. The largest absolute Gasteiger partial charge is 0.464 e. The number of ether oxygens (including phenoxy) is 1. The van der Waals surface area contributed by atoms with E-state index in [1.165, 1.54) is 26.3 Å². The molecule has 0 N–H and O–H groups in total. The Kier molecular flexibility index (Phi) is 4.16. The lowest BCUT2D eigenvalue weighted by molar-refractivity contribution is -0.172. The monoisotopic (exact) mass is 319 g/mol. The molecule has 0 heterocycles. The molecule has 4 rings (SSSR count). The fourth-order valence-corrected chi connectivity index (χ4v) is 5.19. The molecule has 4 bridgehead atoms. The predicted octanol–water partition coefficient (Wildman–Crippen LogP) is 3.24. The first kappa shape index (κ1) is 16.1. The number of likely N-dealkylation sites (N-methyl/N-ethyl adjacent to an activating group) is 1. The number of halogens is 3. The Morgan fingerprint density at radius 3 is 2.09 bits per heavy atom. The van der Waals surface area contributed by atoms with Crippen LogP contribution >= 0.6 is 0 Å². The van der Waals surface area contributed by atoms with Crippen molar-refractivity contribution in [1.29, 1.82) is 0 Å². The summed E-state index contributed by atoms with van der Waals surface area (Å²) in [6.07, 6.45) is 2.32. The normalized spacial score (nSPS) is 36.9. The van der Waals surface area contributed by atoms with E-state index in [1.54, 1.807) is 0 Å². The minimum absolute atomic E-state index is 0.0488. The maximum Gasteiger partial charge on any atom is 0.401 e. The summed E-state index contributed by atoms with van der Waals surface area (Å²) in [5, 5.41) is 0. The van der Waals surface area contributed by atoms with Crippen LogP contribution in [0.2, 0.25) is 0 Å². The first-order valence-corrected chi connectivity index (χ1v) is 8.18. The van der Waals surface area contributed by atoms with Crippen molar-refractivity contribution in [2.75, 3.05) is 26.7 Å². The molecule has 0 aromatic carbocycles. The third kappa shape index (κ3) is 3.42. The average molecular weight is 319 g/mol. The van der Waals surface area contributed by atoms with Crippen LogP contribution in [0.15, 0.2) is 0 Å². The average Bonchev–Trinajstić information content (AvgIpc) is 2.34. The Bertz CT molecular complexity index is 400. The highest BCUT2D eigenvalue weighted by Gasteiger charge is 2.55. The third-order valence-corrected chi connectivity index (χ3v) is 5.63. The lowest BCUT2D eigenvalue weighted by Gasteiger charge is -2.55. The minimum Gasteiger partial charge on any atom is -0.464 e. The minimum atomic E-state index is -4.21. The van der Waals surface area contributed by atoms with Crippen molar-refractivity contribution in [3.05, 3.63) is 0 Å². The van der Waals surface area contributed by atoms with Crippen LogP contribution in [-0.2, 0) is 9.53 Å². The van der Waals surface area contributed by atoms with Gasteiger partial charge in [0.1, 0.15) is 6.61 Å². The van der Waals surface area contributed by atoms with Gasteiger partial charge in [-0.3, -0.25) is 9.69 Å². The van der Waals surface area contributed by atoms with Crippen LogP contribution in [0.4, 0.5) is 13.2 Å². The van der Waals surface area contributed by atoms with E-state index in [0.29, 0.717) is 17.8 Å². The van der Waals surface area contributed by atoms with Gasteiger partial charge in [0, 0.05) is 6.54 Å². The number of carbonyl (C=O) groups excluding carboxylic acids is 1. The van der Waals surface area contributed by atoms with Crippen LogP contribution in [0.25, 0.3) is 0 Å². The van der Waals surface area contributed by atoms with Gasteiger partial charge in [-0.15, -0.1) is 0 Å². The number of hydrogen-bond donors (Lipinski definition) is 0. The van der Waals surface area contributed by atoms with Crippen molar-refractivity contribution < 1.29 is 22.7 Å². The highest BCUT2D eigenvalue weighted by atomic mass is 19.4. The third-order valence-electron chi connectivity index (χ3n) is 5.63. The number of rotatable bonds is 5. The Balaban J connectivity index is 1.48. The zero-order chi connectivity index (χ0) is 16.0. The van der Waals surface area contributed by atoms with E-state index in [2.05, 4.69) is 0 Å². The number of nitrogens with zero attached hydrogens (tertiary/aromatic N) is 1. The zero-order valence-electron chi connectivity index (χ0n) is 13.0. The Morgan fingerprint density at radius 2 is 1.64 bits per heavy atom. The fourth-order valence-electron chi connectivity index (χ4n) is 5.19. The molecule has 0 aromatic rings. The molecule has 4 fully saturated rings. The van der Waals surface area contributed by atoms with Crippen LogP contribution in [-0.4, -0.2) is 43.8 Å². The summed E-state index contributed by atoms with van der Waals surface area (Å²) < 4.78 is 42.1. The quantitative estimate of drug-likeness (QED) is 0.729. The first-order chi connectivity index (χ1) is 10.3. The van der Waals surface area contributed by atoms with Crippen LogP contribution in [0, 0.1) is 23.2 Å². The van der Waals surface area contributed by atoms with Gasteiger partial charge in [0.25, 0.3) is 0 Å². The van der Waals surface area contributed by atoms with Crippen LogP contribution in [0.5, 0.6) is 0 Å². The van der Waals surface area contributed by atoms with Gasteiger partial charge in [-0.1, -0.05) is 0 Å². The summed E-state index contributed by atoms with van der Waals surface area (Å²) >= 11 is 0. The highest BCUT2D eigenvalue weighted by molar-refractivity contribution is 5.77. The second-order valence-corrected chi connectivity index (χ2v) is 7.69. The number of alkyl halides is 3. The second-order valence-electron chi connectivity index (χ2n) is 7.69. The summed E-state index contributed by atoms with van der Waals surface area (Å²) in [6.45, 7) is -0.799. The smallest absolute Gasteiger partial charge is 0.401 e. The van der Waals surface area contributed by atoms with Crippen molar-refractivity contribution in [2.24, 2.45) is 23.2 Å². The molecule has 22 heavy (non-hydrogen) atoms. The molecule has 4 saturated carbocycles. The standard InChI is InChI=1S/C16H24F3NO2/c1-20(10-16(17,18)19)2-3-22-14(21)15-7-11-4-12(8-15)6-13(5-11)9-15/h11-13H,2-10H2,1H3. The first-order valence-electron chi connectivity index (χ1n) is 8.18. The summed E-state index contributed by atoms with van der Waals surface area (Å²) in [7, 11) is 1.39. The van der Waals surface area contributed by atoms with Gasteiger partial charge in [0.15, 0.2) is 0 Å². The maximum absolute atomic E-state index is 12.5. The Hall–Kier alpha value is -0.780. The van der Waals surface area contributed by atoms with E-state index in [0.717, 1.165) is 24.2 Å². The van der Waals surface area contributed by atoms with Crippen LogP contribution in [0.3, 0.4) is 0 Å². The molecular weight excluding hydrogens is 295 g/mol. The molecule has 0 aliphatic heterocycles. The lowest BCUT2D eigenvalue weighted by atomic mass is 9.49. The van der Waals surface area contributed by atoms with Crippen LogP contribution < -0.4 is 0 Å². The summed E-state index contributed by atoms with van der Waals surface area (Å²) in [6, 6.07) is 0. The maximum atomic E-state index is 12.5. The number of carbonyl (C=O) groups is 1. The molecule has 0 saturated heterocycles. The van der Waals surface area contributed by atoms with Crippen LogP contribution in [0.1, 0.15) is 38.5 Å². The molecule has 4 aliphatic rings. The van der Waals surface area contributed by atoms with Gasteiger partial charge in [0.2, 0.25) is 0 Å². The Labute approximate surface area is 129 Å². The molecular formula is C16H24F3NO2. The number of esters is 1. The van der Waals surface area contributed by atoms with Crippen molar-refractivity contribution in [1.82, 2.24) is 4.90 Å². The van der Waals surface area contributed by atoms with Crippen molar-refractivity contribution in [3.63, 3.8) is 0 Å². The van der Waals surface area contributed by atoms with E-state index >= 15 is 0 Å². The highest BCUT2D eigenvalue weighted by Crippen LogP contribution is 2.60. The van der Waals surface area contributed by atoms with Crippen molar-refractivity contribution >= 4 is 5.97 Å². The van der Waals surface area contributed by atoms with E-state index < -0.39 is 12.7 Å². The molecule has 0 radical (unpaired) electrons. The Morgan fingerprint density at radius 1 is 1.14 bits per heavy atom. The second kappa shape index (κ2) is 5.69. The lowest BCUT2D eigenvalue weighted by Crippen LogP contribution is -2.50. The van der Waals surface area contributed by atoms with Crippen molar-refractivity contribution in [2.45, 2.75) is 44.7 Å². The number of hydrogen-bond acceptors (Lipinski definition) is 3. The van der Waals surface area contributed by atoms with E-state index in [1.807, 2.05) is 0 Å². The molecule has 3 nitrogen and oxygen atoms in total. The molecule has 0 aromatic heterocycles. The molecule has 0 unspecified atom stereocenters. The summed E-state index contributed by atoms with van der Waals surface area (Å²) in [5.41, 5.74) is -0.322. The fraction of sp³-hybridized carbons (Fsp3) is 0.938. The molecule has 4 aliphatic carbocycles. The summed E-state index contributed by atoms with van der Waals surface area (Å²) in [4.78, 5) is 13.6. The molecule has 0 spiro atoms. The topological polar surface area (TPSA) is 29.5 Å². The van der Waals surface area contributed by atoms with Gasteiger partial charge in [-0.2, -0.15) is 13.2 Å².